The highest BCUT2D eigenvalue weighted by atomic mass is 35.5. The smallest absolute Gasteiger partial charge is 0.248 e. The van der Waals surface area contributed by atoms with Gasteiger partial charge in [0.1, 0.15) is 6.04 Å². The van der Waals surface area contributed by atoms with Gasteiger partial charge in [-0.3, -0.25) is 14.4 Å². The van der Waals surface area contributed by atoms with Crippen LogP contribution in [0.3, 0.4) is 0 Å². The van der Waals surface area contributed by atoms with Crippen molar-refractivity contribution in [3.8, 4) is 0 Å². The molecule has 0 saturated carbocycles. The molecule has 3 heterocycles. The fourth-order valence-corrected chi connectivity index (χ4v) is 7.94. The third-order valence-electron chi connectivity index (χ3n) is 6.71. The molecule has 0 aliphatic carbocycles. The number of hydrogen-bond donors (Lipinski definition) is 3. The molecule has 9 heteroatoms. The summed E-state index contributed by atoms with van der Waals surface area (Å²) in [5.41, 5.74) is 1.35. The molecule has 31 heavy (non-hydrogen) atoms. The average molecular weight is 466 g/mol. The molecule has 4 rings (SSSR count). The Bertz CT molecular complexity index is 892. The Morgan fingerprint density at radius 1 is 1.35 bits per heavy atom. The van der Waals surface area contributed by atoms with Crippen molar-refractivity contribution in [2.75, 3.05) is 25.0 Å². The first-order valence-corrected chi connectivity index (χ1v) is 12.0. The molecule has 3 fully saturated rings. The first kappa shape index (κ1) is 22.4. The average Bonchev–Trinajstić information content (AvgIpc) is 3.37. The van der Waals surface area contributed by atoms with Crippen LogP contribution in [0.2, 0.25) is 5.02 Å². The minimum Gasteiger partial charge on any atom is -0.395 e. The Morgan fingerprint density at radius 3 is 2.81 bits per heavy atom. The molecule has 168 valence electrons. The second kappa shape index (κ2) is 8.64. The second-order valence-corrected chi connectivity index (χ2v) is 10.5. The van der Waals surface area contributed by atoms with Gasteiger partial charge in [-0.1, -0.05) is 30.7 Å². The summed E-state index contributed by atoms with van der Waals surface area (Å²) in [5.74, 6) is -1.63. The van der Waals surface area contributed by atoms with Crippen LogP contribution < -0.4 is 10.6 Å². The monoisotopic (exact) mass is 465 g/mol. The largest absolute Gasteiger partial charge is 0.395 e. The number of nitrogens with zero attached hydrogens (tertiary/aromatic N) is 1. The number of β-amino-alcohol motifs (C(OH)–C–C–N with tert-alkyl or cyclic N) is 1. The molecule has 3 amide bonds. The molecule has 1 aromatic rings. The number of likely N-dealkylation sites (tertiary alicyclic amines) is 1. The zero-order valence-electron chi connectivity index (χ0n) is 17.7. The van der Waals surface area contributed by atoms with Gasteiger partial charge in [-0.15, -0.1) is 11.8 Å². The van der Waals surface area contributed by atoms with Crippen LogP contribution in [0.1, 0.15) is 31.7 Å². The number of amides is 3. The van der Waals surface area contributed by atoms with Gasteiger partial charge in [-0.2, -0.15) is 0 Å². The second-order valence-electron chi connectivity index (χ2n) is 8.52. The van der Waals surface area contributed by atoms with Gasteiger partial charge in [0, 0.05) is 18.3 Å². The summed E-state index contributed by atoms with van der Waals surface area (Å²) in [6, 6.07) is 4.62. The summed E-state index contributed by atoms with van der Waals surface area (Å²) < 4.78 is -0.662. The quantitative estimate of drug-likeness (QED) is 0.573. The van der Waals surface area contributed by atoms with Crippen LogP contribution in [0.5, 0.6) is 0 Å². The van der Waals surface area contributed by atoms with E-state index in [1.165, 1.54) is 4.90 Å². The number of benzene rings is 1. The van der Waals surface area contributed by atoms with E-state index in [-0.39, 0.29) is 36.1 Å². The van der Waals surface area contributed by atoms with E-state index in [4.69, 9.17) is 11.6 Å². The molecule has 2 bridgehead atoms. The number of aryl methyl sites for hydroxylation is 1. The number of aliphatic hydroxyl groups excluding tert-OH is 1. The number of carbonyl (C=O) groups excluding carboxylic acids is 3. The molecule has 1 spiro atoms. The van der Waals surface area contributed by atoms with Gasteiger partial charge >= 0.3 is 0 Å². The van der Waals surface area contributed by atoms with Gasteiger partial charge in [-0.05, 0) is 37.8 Å². The van der Waals surface area contributed by atoms with E-state index >= 15 is 0 Å². The van der Waals surface area contributed by atoms with Crippen molar-refractivity contribution in [2.24, 2.45) is 11.8 Å². The Hall–Kier alpha value is -1.77. The number of carbonyl (C=O) groups is 3. The maximum absolute atomic E-state index is 13.6. The van der Waals surface area contributed by atoms with E-state index in [1.807, 2.05) is 26.0 Å². The summed E-state index contributed by atoms with van der Waals surface area (Å²) >= 11 is 7.92. The van der Waals surface area contributed by atoms with E-state index in [2.05, 4.69) is 10.6 Å². The molecule has 3 aliphatic rings. The highest BCUT2D eigenvalue weighted by molar-refractivity contribution is 8.02. The molecule has 7 nitrogen and oxygen atoms in total. The minimum absolute atomic E-state index is 0.0273. The van der Waals surface area contributed by atoms with Crippen LogP contribution in [0.15, 0.2) is 18.2 Å². The van der Waals surface area contributed by atoms with E-state index in [9.17, 15) is 19.5 Å². The lowest BCUT2D eigenvalue weighted by Gasteiger charge is -2.34. The van der Waals surface area contributed by atoms with Gasteiger partial charge in [0.15, 0.2) is 0 Å². The van der Waals surface area contributed by atoms with E-state index in [1.54, 1.807) is 17.8 Å². The lowest BCUT2D eigenvalue weighted by Crippen LogP contribution is -2.52. The molecule has 2 unspecified atom stereocenters. The minimum atomic E-state index is -0.758. The topological polar surface area (TPSA) is 98.7 Å². The number of hydrogen-bond acceptors (Lipinski definition) is 5. The summed E-state index contributed by atoms with van der Waals surface area (Å²) in [7, 11) is 0. The number of para-hydroxylation sites is 1. The van der Waals surface area contributed by atoms with E-state index < -0.39 is 22.6 Å². The highest BCUT2D eigenvalue weighted by Gasteiger charge is 2.73. The SMILES string of the molecule is CCCNC(=O)[C@@H]1[C@H]2C(=O)N(CCO)C(C(=O)Nc3c(C)cccc3Cl)C23CC[C@H]1S3. The molecule has 3 N–H and O–H groups in total. The zero-order valence-corrected chi connectivity index (χ0v) is 19.3. The Morgan fingerprint density at radius 2 is 2.13 bits per heavy atom. The van der Waals surface area contributed by atoms with Crippen LogP contribution in [-0.2, 0) is 14.4 Å². The van der Waals surface area contributed by atoms with Gasteiger partial charge in [0.05, 0.1) is 33.9 Å². The van der Waals surface area contributed by atoms with Crippen LogP contribution in [-0.4, -0.2) is 63.5 Å². The number of thioether (sulfide) groups is 1. The maximum atomic E-state index is 13.6. The third kappa shape index (κ3) is 3.52. The predicted molar refractivity (Wildman–Crippen MR) is 121 cm³/mol. The lowest BCUT2D eigenvalue weighted by atomic mass is 9.70. The van der Waals surface area contributed by atoms with Crippen molar-refractivity contribution in [1.82, 2.24) is 10.2 Å². The first-order valence-electron chi connectivity index (χ1n) is 10.8. The molecule has 3 saturated heterocycles. The fraction of sp³-hybridized carbons (Fsp3) is 0.591. The highest BCUT2D eigenvalue weighted by Crippen LogP contribution is 2.66. The van der Waals surface area contributed by atoms with Gasteiger partial charge in [-0.25, -0.2) is 0 Å². The first-order chi connectivity index (χ1) is 14.9. The molecule has 5 atom stereocenters. The summed E-state index contributed by atoms with van der Waals surface area (Å²) in [6.45, 7) is 4.22. The standard InChI is InChI=1S/C22H28ClN3O4S/c1-3-9-24-19(28)15-14-7-8-22(31-14)16(15)21(30)26(10-11-27)18(22)20(29)25-17-12(2)5-4-6-13(17)23/h4-6,14-16,18,27H,3,7-11H2,1-2H3,(H,24,28)(H,25,29)/t14-,15+,16+,18?,22?/m1/s1. The Kier molecular flexibility index (Phi) is 6.25. The van der Waals surface area contributed by atoms with Crippen LogP contribution in [0, 0.1) is 18.8 Å². The van der Waals surface area contributed by atoms with Gasteiger partial charge in [0.2, 0.25) is 17.7 Å². The van der Waals surface area contributed by atoms with Crippen molar-refractivity contribution in [1.29, 1.82) is 0 Å². The number of aliphatic hydroxyl groups is 1. The molecule has 0 aromatic heterocycles. The number of nitrogens with one attached hydrogen (secondary N) is 2. The zero-order chi connectivity index (χ0) is 22.3. The van der Waals surface area contributed by atoms with Gasteiger partial charge in [0.25, 0.3) is 0 Å². The van der Waals surface area contributed by atoms with E-state index in [0.717, 1.165) is 18.4 Å². The van der Waals surface area contributed by atoms with Crippen LogP contribution >= 0.6 is 23.4 Å². The normalized spacial score (nSPS) is 31.1. The van der Waals surface area contributed by atoms with Crippen molar-refractivity contribution < 1.29 is 19.5 Å². The predicted octanol–water partition coefficient (Wildman–Crippen LogP) is 2.20. The Labute approximate surface area is 191 Å². The van der Waals surface area contributed by atoms with Crippen molar-refractivity contribution >= 4 is 46.8 Å². The van der Waals surface area contributed by atoms with Crippen LogP contribution in [0.4, 0.5) is 5.69 Å². The number of halogens is 1. The van der Waals surface area contributed by atoms with Crippen molar-refractivity contribution in [3.05, 3.63) is 28.8 Å². The summed E-state index contributed by atoms with van der Waals surface area (Å²) in [5, 5.41) is 16.0. The molecular weight excluding hydrogens is 438 g/mol. The number of fused-ring (bicyclic) bond motifs is 1. The maximum Gasteiger partial charge on any atom is 0.248 e. The van der Waals surface area contributed by atoms with E-state index in [0.29, 0.717) is 23.7 Å². The van der Waals surface area contributed by atoms with Gasteiger partial charge < -0.3 is 20.6 Å². The third-order valence-corrected chi connectivity index (χ3v) is 8.98. The summed E-state index contributed by atoms with van der Waals surface area (Å²) in [4.78, 5) is 41.4. The number of anilines is 1. The van der Waals surface area contributed by atoms with Crippen LogP contribution in [0.25, 0.3) is 0 Å². The van der Waals surface area contributed by atoms with Crippen molar-refractivity contribution in [3.63, 3.8) is 0 Å². The fourth-order valence-electron chi connectivity index (χ4n) is 5.45. The van der Waals surface area contributed by atoms with Crippen molar-refractivity contribution in [2.45, 2.75) is 49.1 Å². The molecule has 0 radical (unpaired) electrons. The lowest BCUT2D eigenvalue weighted by molar-refractivity contribution is -0.139. The molecular formula is C22H28ClN3O4S. The summed E-state index contributed by atoms with van der Waals surface area (Å²) in [6.07, 6.45) is 2.30. The number of rotatable bonds is 7. The molecule has 3 aliphatic heterocycles. The molecule has 1 aromatic carbocycles. The Balaban J connectivity index is 1.68.